The number of aryl methyl sites for hydroxylation is 1. The SMILES string of the molecule is CCc1cc2c(NCCCCCCO)nc(N)nc2s1. The van der Waals surface area contributed by atoms with Gasteiger partial charge in [0.15, 0.2) is 0 Å². The van der Waals surface area contributed by atoms with Crippen molar-refractivity contribution in [2.75, 3.05) is 24.2 Å². The highest BCUT2D eigenvalue weighted by molar-refractivity contribution is 7.18. The second-order valence-electron chi connectivity index (χ2n) is 4.78. The van der Waals surface area contributed by atoms with Gasteiger partial charge in [-0.25, -0.2) is 4.98 Å². The number of aliphatic hydroxyl groups excluding tert-OH is 1. The van der Waals surface area contributed by atoms with E-state index in [-0.39, 0.29) is 6.61 Å². The molecule has 0 unspecified atom stereocenters. The van der Waals surface area contributed by atoms with Crippen molar-refractivity contribution in [1.82, 2.24) is 9.97 Å². The fraction of sp³-hybridized carbons (Fsp3) is 0.571. The molecule has 6 heteroatoms. The number of thiophene rings is 1. The number of aromatic nitrogens is 2. The van der Waals surface area contributed by atoms with Gasteiger partial charge >= 0.3 is 0 Å². The molecule has 2 aromatic rings. The Kier molecular flexibility index (Phi) is 5.55. The molecular weight excluding hydrogens is 272 g/mol. The van der Waals surface area contributed by atoms with Crippen LogP contribution in [-0.4, -0.2) is 28.2 Å². The molecule has 0 saturated heterocycles. The third kappa shape index (κ3) is 3.80. The summed E-state index contributed by atoms with van der Waals surface area (Å²) in [6.45, 7) is 3.29. The van der Waals surface area contributed by atoms with Crippen molar-refractivity contribution in [3.05, 3.63) is 10.9 Å². The maximum absolute atomic E-state index is 8.73. The lowest BCUT2D eigenvalue weighted by molar-refractivity contribution is 0.283. The van der Waals surface area contributed by atoms with E-state index in [1.807, 2.05) is 0 Å². The Labute approximate surface area is 123 Å². The molecule has 5 nitrogen and oxygen atoms in total. The third-order valence-corrected chi connectivity index (χ3v) is 4.36. The van der Waals surface area contributed by atoms with Crippen LogP contribution in [0.25, 0.3) is 10.2 Å². The minimum atomic E-state index is 0.283. The molecule has 0 bridgehead atoms. The van der Waals surface area contributed by atoms with Crippen LogP contribution in [-0.2, 0) is 6.42 Å². The molecule has 2 rings (SSSR count). The predicted octanol–water partition coefficient (Wildman–Crippen LogP) is 2.80. The van der Waals surface area contributed by atoms with Crippen LogP contribution >= 0.6 is 11.3 Å². The number of nitrogens with one attached hydrogen (secondary N) is 1. The Hall–Kier alpha value is -1.40. The van der Waals surface area contributed by atoms with Crippen molar-refractivity contribution >= 4 is 33.3 Å². The van der Waals surface area contributed by atoms with E-state index in [2.05, 4.69) is 28.3 Å². The first-order chi connectivity index (χ1) is 9.74. The highest BCUT2D eigenvalue weighted by Crippen LogP contribution is 2.29. The number of hydrogen-bond acceptors (Lipinski definition) is 6. The van der Waals surface area contributed by atoms with E-state index >= 15 is 0 Å². The predicted molar refractivity (Wildman–Crippen MR) is 85.2 cm³/mol. The molecule has 4 N–H and O–H groups in total. The normalized spacial score (nSPS) is 11.1. The van der Waals surface area contributed by atoms with Crippen molar-refractivity contribution in [2.45, 2.75) is 39.0 Å². The zero-order chi connectivity index (χ0) is 14.4. The lowest BCUT2D eigenvalue weighted by atomic mass is 10.2. The van der Waals surface area contributed by atoms with E-state index in [1.54, 1.807) is 11.3 Å². The maximum Gasteiger partial charge on any atom is 0.223 e. The molecule has 2 aromatic heterocycles. The second kappa shape index (κ2) is 7.40. The number of unbranched alkanes of at least 4 members (excludes halogenated alkanes) is 3. The van der Waals surface area contributed by atoms with Gasteiger partial charge in [-0.05, 0) is 25.3 Å². The van der Waals surface area contributed by atoms with Crippen LogP contribution in [0.15, 0.2) is 6.07 Å². The number of anilines is 2. The molecule has 0 saturated carbocycles. The van der Waals surface area contributed by atoms with Gasteiger partial charge in [0.25, 0.3) is 0 Å². The van der Waals surface area contributed by atoms with Gasteiger partial charge in [-0.1, -0.05) is 19.8 Å². The Morgan fingerprint density at radius 3 is 2.80 bits per heavy atom. The average molecular weight is 294 g/mol. The third-order valence-electron chi connectivity index (χ3n) is 3.19. The van der Waals surface area contributed by atoms with E-state index < -0.39 is 0 Å². The second-order valence-corrected chi connectivity index (χ2v) is 5.90. The van der Waals surface area contributed by atoms with Crippen molar-refractivity contribution in [3.63, 3.8) is 0 Å². The van der Waals surface area contributed by atoms with Crippen LogP contribution in [0, 0.1) is 0 Å². The van der Waals surface area contributed by atoms with Crippen LogP contribution in [0.1, 0.15) is 37.5 Å². The number of rotatable bonds is 8. The number of nitrogens with zero attached hydrogens (tertiary/aromatic N) is 2. The first kappa shape index (κ1) is 15.0. The van der Waals surface area contributed by atoms with E-state index in [1.165, 1.54) is 4.88 Å². The maximum atomic E-state index is 8.73. The van der Waals surface area contributed by atoms with Crippen LogP contribution < -0.4 is 11.1 Å². The molecule has 110 valence electrons. The summed E-state index contributed by atoms with van der Waals surface area (Å²) in [6, 6.07) is 2.15. The number of hydrogen-bond donors (Lipinski definition) is 3. The van der Waals surface area contributed by atoms with E-state index in [0.717, 1.165) is 54.7 Å². The minimum absolute atomic E-state index is 0.283. The van der Waals surface area contributed by atoms with Crippen molar-refractivity contribution in [3.8, 4) is 0 Å². The molecule has 20 heavy (non-hydrogen) atoms. The smallest absolute Gasteiger partial charge is 0.223 e. The van der Waals surface area contributed by atoms with Gasteiger partial charge in [0, 0.05) is 18.0 Å². The van der Waals surface area contributed by atoms with Crippen LogP contribution in [0.2, 0.25) is 0 Å². The molecule has 0 spiro atoms. The molecule has 0 fully saturated rings. The zero-order valence-electron chi connectivity index (χ0n) is 11.9. The number of nitrogens with two attached hydrogens (primary N) is 1. The summed E-state index contributed by atoms with van der Waals surface area (Å²) in [6.07, 6.45) is 5.13. The van der Waals surface area contributed by atoms with E-state index in [9.17, 15) is 0 Å². The number of fused-ring (bicyclic) bond motifs is 1. The van der Waals surface area contributed by atoms with Gasteiger partial charge in [0.2, 0.25) is 5.95 Å². The molecule has 0 aliphatic carbocycles. The standard InChI is InChI=1S/C14H22N4OS/c1-2-10-9-11-12(16-7-5-3-4-6-8-19)17-14(15)18-13(11)20-10/h9,19H,2-8H2,1H3,(H3,15,16,17,18). The summed E-state index contributed by atoms with van der Waals surface area (Å²) < 4.78 is 0. The van der Waals surface area contributed by atoms with Crippen LogP contribution in [0.5, 0.6) is 0 Å². The van der Waals surface area contributed by atoms with Gasteiger partial charge in [0.1, 0.15) is 10.6 Å². The summed E-state index contributed by atoms with van der Waals surface area (Å²) >= 11 is 1.68. The fourth-order valence-corrected chi connectivity index (χ4v) is 3.07. The molecule has 0 atom stereocenters. The van der Waals surface area contributed by atoms with Gasteiger partial charge in [-0.3, -0.25) is 0 Å². The molecule has 0 radical (unpaired) electrons. The number of aliphatic hydroxyl groups is 1. The van der Waals surface area contributed by atoms with Gasteiger partial charge < -0.3 is 16.2 Å². The molecule has 0 aromatic carbocycles. The topological polar surface area (TPSA) is 84.1 Å². The summed E-state index contributed by atoms with van der Waals surface area (Å²) in [5.74, 6) is 1.16. The van der Waals surface area contributed by atoms with E-state index in [4.69, 9.17) is 10.8 Å². The first-order valence-electron chi connectivity index (χ1n) is 7.15. The lowest BCUT2D eigenvalue weighted by Crippen LogP contribution is -2.06. The molecule has 0 amide bonds. The first-order valence-corrected chi connectivity index (χ1v) is 7.97. The summed E-state index contributed by atoms with van der Waals surface area (Å²) in [4.78, 5) is 10.8. The van der Waals surface area contributed by atoms with Crippen molar-refractivity contribution in [1.29, 1.82) is 0 Å². The lowest BCUT2D eigenvalue weighted by Gasteiger charge is -2.07. The summed E-state index contributed by atoms with van der Waals surface area (Å²) in [5, 5.41) is 13.2. The monoisotopic (exact) mass is 294 g/mol. The number of nitrogen functional groups attached to an aromatic ring is 1. The average Bonchev–Trinajstić information content (AvgIpc) is 2.85. The largest absolute Gasteiger partial charge is 0.396 e. The molecule has 0 aliphatic rings. The van der Waals surface area contributed by atoms with Crippen molar-refractivity contribution < 1.29 is 5.11 Å². The highest BCUT2D eigenvalue weighted by Gasteiger charge is 2.09. The molecular formula is C14H22N4OS. The quantitative estimate of drug-likeness (QED) is 0.652. The van der Waals surface area contributed by atoms with Crippen LogP contribution in [0.4, 0.5) is 11.8 Å². The van der Waals surface area contributed by atoms with Gasteiger partial charge in [-0.2, -0.15) is 4.98 Å². The zero-order valence-corrected chi connectivity index (χ0v) is 12.7. The van der Waals surface area contributed by atoms with Crippen molar-refractivity contribution in [2.24, 2.45) is 0 Å². The summed E-state index contributed by atoms with van der Waals surface area (Å²) in [5.41, 5.74) is 5.76. The molecule has 0 aliphatic heterocycles. The van der Waals surface area contributed by atoms with Gasteiger partial charge in [-0.15, -0.1) is 11.3 Å². The molecule has 2 heterocycles. The van der Waals surface area contributed by atoms with E-state index in [0.29, 0.717) is 5.95 Å². The highest BCUT2D eigenvalue weighted by atomic mass is 32.1. The van der Waals surface area contributed by atoms with Crippen LogP contribution in [0.3, 0.4) is 0 Å². The fourth-order valence-electron chi connectivity index (χ4n) is 2.09. The Morgan fingerprint density at radius 2 is 2.05 bits per heavy atom. The Bertz CT molecular complexity index is 555. The Morgan fingerprint density at radius 1 is 1.25 bits per heavy atom. The minimum Gasteiger partial charge on any atom is -0.396 e. The Balaban J connectivity index is 1.99. The summed E-state index contributed by atoms with van der Waals surface area (Å²) in [7, 11) is 0. The van der Waals surface area contributed by atoms with Gasteiger partial charge in [0.05, 0.1) is 5.39 Å².